The highest BCUT2D eigenvalue weighted by molar-refractivity contribution is 5.77. The second-order valence-corrected chi connectivity index (χ2v) is 6.27. The molecule has 0 amide bonds. The third kappa shape index (κ3) is 2.51. The molecule has 12 heteroatoms. The summed E-state index contributed by atoms with van der Waals surface area (Å²) in [6, 6.07) is 7.27. The zero-order valence-corrected chi connectivity index (χ0v) is 14.3. The SMILES string of the molecule is OC[C@H]1O[C@@H](n2cnc3c(On4nnc5ccccc54)ncnc32)[C@@H](O)C1O. The molecule has 4 atom stereocenters. The first-order valence-electron chi connectivity index (χ1n) is 8.46. The Balaban J connectivity index is 1.53. The molecule has 0 aliphatic carbocycles. The number of aliphatic hydroxyl groups is 3. The van der Waals surface area contributed by atoms with E-state index in [9.17, 15) is 15.3 Å². The van der Waals surface area contributed by atoms with Gasteiger partial charge in [-0.1, -0.05) is 17.0 Å². The van der Waals surface area contributed by atoms with Crippen LogP contribution in [0.1, 0.15) is 6.23 Å². The maximum Gasteiger partial charge on any atom is 0.280 e. The van der Waals surface area contributed by atoms with Crippen LogP contribution in [0, 0.1) is 0 Å². The molecule has 3 aromatic heterocycles. The standard InChI is InChI=1S/C16H15N7O5/c24-5-10-12(25)13(26)16(27-10)22-7-19-11-14(22)17-6-18-15(11)28-23-9-4-2-1-3-8(9)20-21-23/h1-4,6-7,10,12-13,16,24-26H,5H2/t10-,12?,13+,16-/m1/s1. The number of hydrogen-bond donors (Lipinski definition) is 3. The van der Waals surface area contributed by atoms with Gasteiger partial charge in [0.15, 0.2) is 17.4 Å². The normalized spacial score (nSPS) is 25.0. The smallest absolute Gasteiger partial charge is 0.280 e. The van der Waals surface area contributed by atoms with E-state index in [4.69, 9.17) is 9.57 Å². The highest BCUT2D eigenvalue weighted by Gasteiger charge is 2.44. The van der Waals surface area contributed by atoms with Gasteiger partial charge in [-0.3, -0.25) is 4.57 Å². The molecule has 1 aliphatic heterocycles. The molecule has 4 aromatic rings. The zero-order valence-electron chi connectivity index (χ0n) is 14.3. The van der Waals surface area contributed by atoms with Gasteiger partial charge in [0.2, 0.25) is 0 Å². The van der Waals surface area contributed by atoms with Crippen molar-refractivity contribution in [2.24, 2.45) is 0 Å². The van der Waals surface area contributed by atoms with E-state index in [-0.39, 0.29) is 5.88 Å². The van der Waals surface area contributed by atoms with Gasteiger partial charge in [-0.15, -0.1) is 5.10 Å². The van der Waals surface area contributed by atoms with Crippen LogP contribution in [0.25, 0.3) is 22.2 Å². The summed E-state index contributed by atoms with van der Waals surface area (Å²) in [7, 11) is 0. The lowest BCUT2D eigenvalue weighted by molar-refractivity contribution is -0.0511. The van der Waals surface area contributed by atoms with Crippen molar-refractivity contribution < 1.29 is 24.9 Å². The van der Waals surface area contributed by atoms with Gasteiger partial charge in [0, 0.05) is 0 Å². The molecule has 1 saturated heterocycles. The minimum absolute atomic E-state index is 0.131. The Labute approximate surface area is 156 Å². The number of hydrogen-bond acceptors (Lipinski definition) is 10. The summed E-state index contributed by atoms with van der Waals surface area (Å²) in [5, 5.41) is 37.5. The van der Waals surface area contributed by atoms with Crippen molar-refractivity contribution in [1.29, 1.82) is 0 Å². The summed E-state index contributed by atoms with van der Waals surface area (Å²) < 4.78 is 6.99. The number of rotatable bonds is 4. The van der Waals surface area contributed by atoms with Crippen molar-refractivity contribution in [3.63, 3.8) is 0 Å². The highest BCUT2D eigenvalue weighted by atomic mass is 16.7. The summed E-state index contributed by atoms with van der Waals surface area (Å²) in [4.78, 5) is 19.5. The third-order valence-corrected chi connectivity index (χ3v) is 4.61. The van der Waals surface area contributed by atoms with Crippen LogP contribution in [0.4, 0.5) is 0 Å². The fraction of sp³-hybridized carbons (Fsp3) is 0.312. The molecule has 144 valence electrons. The summed E-state index contributed by atoms with van der Waals surface area (Å²) in [5.41, 5.74) is 1.94. The molecule has 0 spiro atoms. The van der Waals surface area contributed by atoms with Crippen LogP contribution in [0.3, 0.4) is 0 Å². The average Bonchev–Trinajstić information content (AvgIpc) is 3.40. The van der Waals surface area contributed by atoms with Crippen molar-refractivity contribution in [2.45, 2.75) is 24.5 Å². The monoisotopic (exact) mass is 385 g/mol. The average molecular weight is 385 g/mol. The fourth-order valence-corrected chi connectivity index (χ4v) is 3.19. The van der Waals surface area contributed by atoms with Gasteiger partial charge < -0.3 is 24.9 Å². The molecule has 12 nitrogen and oxygen atoms in total. The molecule has 3 N–H and O–H groups in total. The first-order valence-corrected chi connectivity index (χ1v) is 8.46. The van der Waals surface area contributed by atoms with E-state index in [1.165, 1.54) is 22.1 Å². The molecular formula is C16H15N7O5. The quantitative estimate of drug-likeness (QED) is 0.399. The maximum absolute atomic E-state index is 10.3. The van der Waals surface area contributed by atoms with Crippen LogP contribution < -0.4 is 4.84 Å². The predicted octanol–water partition coefficient (Wildman–Crippen LogP) is -0.975. The number of benzene rings is 1. The second-order valence-electron chi connectivity index (χ2n) is 6.27. The number of fused-ring (bicyclic) bond motifs is 2. The molecule has 1 aliphatic rings. The van der Waals surface area contributed by atoms with Crippen molar-refractivity contribution in [1.82, 2.24) is 34.7 Å². The van der Waals surface area contributed by atoms with Gasteiger partial charge in [-0.25, -0.2) is 9.97 Å². The molecular weight excluding hydrogens is 370 g/mol. The number of imidazole rings is 1. The molecule has 1 unspecified atom stereocenters. The highest BCUT2D eigenvalue weighted by Crippen LogP contribution is 2.32. The van der Waals surface area contributed by atoms with Crippen molar-refractivity contribution >= 4 is 22.2 Å². The van der Waals surface area contributed by atoms with E-state index in [2.05, 4.69) is 25.3 Å². The Kier molecular flexibility index (Phi) is 3.91. The minimum Gasteiger partial charge on any atom is -0.394 e. The molecule has 4 heterocycles. The van der Waals surface area contributed by atoms with Crippen molar-refractivity contribution in [2.75, 3.05) is 6.61 Å². The number of aromatic nitrogens is 7. The third-order valence-electron chi connectivity index (χ3n) is 4.61. The molecule has 1 fully saturated rings. The number of ether oxygens (including phenoxy) is 1. The molecule has 0 radical (unpaired) electrons. The van der Waals surface area contributed by atoms with E-state index in [0.29, 0.717) is 22.2 Å². The van der Waals surface area contributed by atoms with Gasteiger partial charge in [-0.05, 0) is 17.3 Å². The van der Waals surface area contributed by atoms with Crippen LogP contribution in [0.15, 0.2) is 36.9 Å². The topological polar surface area (TPSA) is 153 Å². The Morgan fingerprint density at radius 3 is 2.79 bits per heavy atom. The van der Waals surface area contributed by atoms with E-state index >= 15 is 0 Å². The van der Waals surface area contributed by atoms with Crippen LogP contribution in [0.5, 0.6) is 5.88 Å². The second kappa shape index (κ2) is 6.45. The minimum atomic E-state index is -1.26. The van der Waals surface area contributed by atoms with E-state index in [1.807, 2.05) is 12.1 Å². The van der Waals surface area contributed by atoms with Crippen LogP contribution in [-0.2, 0) is 4.74 Å². The Bertz CT molecular complexity index is 1140. The molecule has 0 bridgehead atoms. The molecule has 1 aromatic carbocycles. The van der Waals surface area contributed by atoms with Crippen LogP contribution in [-0.4, -0.2) is 74.9 Å². The van der Waals surface area contributed by atoms with Gasteiger partial charge >= 0.3 is 0 Å². The Hall–Kier alpha value is -3.19. The van der Waals surface area contributed by atoms with Crippen molar-refractivity contribution in [3.05, 3.63) is 36.9 Å². The van der Waals surface area contributed by atoms with Gasteiger partial charge in [0.1, 0.15) is 35.7 Å². The lowest BCUT2D eigenvalue weighted by Crippen LogP contribution is -2.33. The lowest BCUT2D eigenvalue weighted by atomic mass is 10.1. The molecule has 5 rings (SSSR count). The van der Waals surface area contributed by atoms with Crippen molar-refractivity contribution in [3.8, 4) is 5.88 Å². The Morgan fingerprint density at radius 1 is 1.11 bits per heavy atom. The summed E-state index contributed by atoms with van der Waals surface area (Å²) in [6.07, 6.45) is -1.69. The summed E-state index contributed by atoms with van der Waals surface area (Å²) >= 11 is 0. The first-order chi connectivity index (χ1) is 13.7. The van der Waals surface area contributed by atoms with E-state index < -0.39 is 31.1 Å². The maximum atomic E-state index is 10.3. The fourth-order valence-electron chi connectivity index (χ4n) is 3.19. The number of aliphatic hydroxyl groups excluding tert-OH is 3. The van der Waals surface area contributed by atoms with Gasteiger partial charge in [-0.2, -0.15) is 4.98 Å². The zero-order chi connectivity index (χ0) is 19.3. The summed E-state index contributed by atoms with van der Waals surface area (Å²) in [6.45, 7) is -0.427. The summed E-state index contributed by atoms with van der Waals surface area (Å²) in [5.74, 6) is 0.131. The van der Waals surface area contributed by atoms with E-state index in [0.717, 1.165) is 0 Å². The largest absolute Gasteiger partial charge is 0.394 e. The first kappa shape index (κ1) is 16.9. The lowest BCUT2D eigenvalue weighted by Gasteiger charge is -2.16. The van der Waals surface area contributed by atoms with Crippen LogP contribution >= 0.6 is 0 Å². The van der Waals surface area contributed by atoms with Gasteiger partial charge in [0.05, 0.1) is 12.9 Å². The molecule has 28 heavy (non-hydrogen) atoms. The van der Waals surface area contributed by atoms with Gasteiger partial charge in [0.25, 0.3) is 5.88 Å². The van der Waals surface area contributed by atoms with Crippen LogP contribution in [0.2, 0.25) is 0 Å². The predicted molar refractivity (Wildman–Crippen MR) is 91.9 cm³/mol. The Morgan fingerprint density at radius 2 is 1.96 bits per heavy atom. The number of nitrogens with zero attached hydrogens (tertiary/aromatic N) is 7. The molecule has 0 saturated carbocycles. The van der Waals surface area contributed by atoms with E-state index in [1.54, 1.807) is 12.1 Å². The number of para-hydroxylation sites is 1.